The van der Waals surface area contributed by atoms with Gasteiger partial charge in [0.05, 0.1) is 23.4 Å². The molecular weight excluding hydrogens is 282 g/mol. The topological polar surface area (TPSA) is 87.3 Å². The lowest BCUT2D eigenvalue weighted by Crippen LogP contribution is -2.11. The Bertz CT molecular complexity index is 679. The summed E-state index contributed by atoms with van der Waals surface area (Å²) in [5.74, 6) is 0. The Kier molecular flexibility index (Phi) is 4.26. The first-order valence-electron chi connectivity index (χ1n) is 5.83. The molecule has 0 spiro atoms. The van der Waals surface area contributed by atoms with Crippen LogP contribution in [0.1, 0.15) is 23.7 Å². The lowest BCUT2D eigenvalue weighted by molar-refractivity contribution is -0.386. The summed E-state index contributed by atoms with van der Waals surface area (Å²) in [5.41, 5.74) is -0.265. The van der Waals surface area contributed by atoms with Gasteiger partial charge < -0.3 is 9.30 Å². The van der Waals surface area contributed by atoms with Crippen LogP contribution in [0.4, 0.5) is 5.69 Å². The van der Waals surface area contributed by atoms with Crippen LogP contribution in [-0.2, 0) is 11.3 Å². The van der Waals surface area contributed by atoms with E-state index in [4.69, 9.17) is 4.74 Å². The Balaban J connectivity index is 2.22. The van der Waals surface area contributed by atoms with E-state index in [0.29, 0.717) is 6.54 Å². The van der Waals surface area contributed by atoms with Crippen LogP contribution in [0.25, 0.3) is 0 Å². The molecule has 2 heterocycles. The molecule has 1 unspecified atom stereocenters. The van der Waals surface area contributed by atoms with Crippen molar-refractivity contribution in [2.45, 2.75) is 19.6 Å². The van der Waals surface area contributed by atoms with E-state index in [-0.39, 0.29) is 6.10 Å². The van der Waals surface area contributed by atoms with Crippen LogP contribution in [0.2, 0.25) is 0 Å². The van der Waals surface area contributed by atoms with Gasteiger partial charge in [-0.25, -0.2) is 4.98 Å². The number of ether oxygens (including phenoxy) is 1. The molecule has 20 heavy (non-hydrogen) atoms. The van der Waals surface area contributed by atoms with Crippen molar-refractivity contribution in [3.63, 3.8) is 0 Å². The second kappa shape index (κ2) is 5.93. The van der Waals surface area contributed by atoms with Crippen LogP contribution in [0.15, 0.2) is 28.6 Å². The SMILES string of the molecule is COC(C)c1nc(Cn2ccc(=O)c([N+](=O)[O-])c2)cs1. The van der Waals surface area contributed by atoms with E-state index in [1.807, 2.05) is 12.3 Å². The van der Waals surface area contributed by atoms with Crippen LogP contribution in [0.5, 0.6) is 0 Å². The van der Waals surface area contributed by atoms with Gasteiger partial charge in [-0.05, 0) is 6.92 Å². The number of hydrogen-bond acceptors (Lipinski definition) is 6. The normalized spacial score (nSPS) is 12.3. The van der Waals surface area contributed by atoms with E-state index in [1.54, 1.807) is 11.7 Å². The molecular formula is C12H13N3O4S. The van der Waals surface area contributed by atoms with Crippen LogP contribution < -0.4 is 5.43 Å². The molecule has 2 aromatic heterocycles. The fourth-order valence-electron chi connectivity index (χ4n) is 1.62. The third-order valence-corrected chi connectivity index (χ3v) is 3.82. The largest absolute Gasteiger partial charge is 0.375 e. The molecule has 0 saturated carbocycles. The van der Waals surface area contributed by atoms with Crippen molar-refractivity contribution in [1.29, 1.82) is 0 Å². The van der Waals surface area contributed by atoms with E-state index < -0.39 is 16.0 Å². The minimum atomic E-state index is -0.682. The van der Waals surface area contributed by atoms with E-state index in [1.165, 1.54) is 29.8 Å². The first-order chi connectivity index (χ1) is 9.51. The maximum atomic E-state index is 11.3. The predicted molar refractivity (Wildman–Crippen MR) is 74.0 cm³/mol. The Labute approximate surface area is 118 Å². The monoisotopic (exact) mass is 295 g/mol. The highest BCUT2D eigenvalue weighted by Crippen LogP contribution is 2.20. The van der Waals surface area contributed by atoms with Crippen molar-refractivity contribution in [1.82, 2.24) is 9.55 Å². The van der Waals surface area contributed by atoms with Gasteiger partial charge in [-0.3, -0.25) is 14.9 Å². The molecule has 7 nitrogen and oxygen atoms in total. The minimum absolute atomic E-state index is 0.0860. The Morgan fingerprint density at radius 1 is 1.60 bits per heavy atom. The number of pyridine rings is 1. The number of nitro groups is 1. The zero-order chi connectivity index (χ0) is 14.7. The number of rotatable bonds is 5. The van der Waals surface area contributed by atoms with E-state index >= 15 is 0 Å². The minimum Gasteiger partial charge on any atom is -0.375 e. The Morgan fingerprint density at radius 3 is 3.00 bits per heavy atom. The van der Waals surface area contributed by atoms with Gasteiger partial charge in [-0.1, -0.05) is 0 Å². The molecule has 0 bridgehead atoms. The van der Waals surface area contributed by atoms with Crippen molar-refractivity contribution < 1.29 is 9.66 Å². The molecule has 0 aromatic carbocycles. The molecule has 8 heteroatoms. The molecule has 0 aliphatic rings. The standard InChI is InChI=1S/C12H13N3O4S/c1-8(19-2)12-13-9(7-20-12)5-14-4-3-11(16)10(6-14)15(17)18/h3-4,6-8H,5H2,1-2H3. The summed E-state index contributed by atoms with van der Waals surface area (Å²) in [6.45, 7) is 2.26. The molecule has 0 radical (unpaired) electrons. The predicted octanol–water partition coefficient (Wildman–Crippen LogP) is 1.97. The molecule has 0 N–H and O–H groups in total. The van der Waals surface area contributed by atoms with E-state index in [2.05, 4.69) is 4.98 Å². The van der Waals surface area contributed by atoms with Gasteiger partial charge >= 0.3 is 5.69 Å². The lowest BCUT2D eigenvalue weighted by Gasteiger charge is -2.05. The lowest BCUT2D eigenvalue weighted by atomic mass is 10.3. The zero-order valence-corrected chi connectivity index (χ0v) is 11.8. The van der Waals surface area contributed by atoms with Gasteiger partial charge in [0.1, 0.15) is 11.1 Å². The van der Waals surface area contributed by atoms with Gasteiger partial charge in [0.25, 0.3) is 5.43 Å². The molecule has 2 rings (SSSR count). The average molecular weight is 295 g/mol. The van der Waals surface area contributed by atoms with E-state index in [9.17, 15) is 14.9 Å². The number of methoxy groups -OCH3 is 1. The molecule has 0 aliphatic heterocycles. The molecule has 2 aromatic rings. The molecule has 0 saturated heterocycles. The van der Waals surface area contributed by atoms with E-state index in [0.717, 1.165) is 10.7 Å². The van der Waals surface area contributed by atoms with Crippen molar-refractivity contribution in [3.8, 4) is 0 Å². The molecule has 0 aliphatic carbocycles. The summed E-state index contributed by atoms with van der Waals surface area (Å²) in [6, 6.07) is 1.18. The highest BCUT2D eigenvalue weighted by atomic mass is 32.1. The van der Waals surface area contributed by atoms with Crippen molar-refractivity contribution in [2.24, 2.45) is 0 Å². The maximum Gasteiger partial charge on any atom is 0.332 e. The fraction of sp³-hybridized carbons (Fsp3) is 0.333. The summed E-state index contributed by atoms with van der Waals surface area (Å²) in [4.78, 5) is 25.7. The molecule has 0 amide bonds. The maximum absolute atomic E-state index is 11.3. The number of hydrogen-bond donors (Lipinski definition) is 0. The summed E-state index contributed by atoms with van der Waals surface area (Å²) in [7, 11) is 1.61. The number of thiazole rings is 1. The van der Waals surface area contributed by atoms with Gasteiger partial charge in [0.2, 0.25) is 0 Å². The summed E-state index contributed by atoms with van der Waals surface area (Å²) < 4.78 is 6.74. The summed E-state index contributed by atoms with van der Waals surface area (Å²) in [6.07, 6.45) is 2.65. The van der Waals surface area contributed by atoms with Crippen LogP contribution in [0.3, 0.4) is 0 Å². The van der Waals surface area contributed by atoms with Crippen molar-refractivity contribution in [3.05, 3.63) is 54.9 Å². The summed E-state index contributed by atoms with van der Waals surface area (Å²) >= 11 is 1.47. The number of nitrogens with zero attached hydrogens (tertiary/aromatic N) is 3. The first kappa shape index (κ1) is 14.4. The van der Waals surface area contributed by atoms with Crippen molar-refractivity contribution in [2.75, 3.05) is 7.11 Å². The van der Waals surface area contributed by atoms with Gasteiger partial charge in [0.15, 0.2) is 0 Å². The first-order valence-corrected chi connectivity index (χ1v) is 6.71. The fourth-order valence-corrected chi connectivity index (χ4v) is 2.46. The average Bonchev–Trinajstić information content (AvgIpc) is 2.88. The Hall–Kier alpha value is -2.06. The second-order valence-corrected chi connectivity index (χ2v) is 5.07. The third kappa shape index (κ3) is 3.09. The van der Waals surface area contributed by atoms with Crippen LogP contribution in [-0.4, -0.2) is 21.6 Å². The highest BCUT2D eigenvalue weighted by molar-refractivity contribution is 7.09. The van der Waals surface area contributed by atoms with Gasteiger partial charge in [0, 0.05) is 24.8 Å². The molecule has 106 valence electrons. The van der Waals surface area contributed by atoms with Crippen LogP contribution >= 0.6 is 11.3 Å². The Morgan fingerprint density at radius 2 is 2.35 bits per heavy atom. The van der Waals surface area contributed by atoms with Gasteiger partial charge in [-0.2, -0.15) is 0 Å². The zero-order valence-electron chi connectivity index (χ0n) is 11.0. The third-order valence-electron chi connectivity index (χ3n) is 2.77. The summed E-state index contributed by atoms with van der Waals surface area (Å²) in [5, 5.41) is 13.4. The quantitative estimate of drug-likeness (QED) is 0.621. The highest BCUT2D eigenvalue weighted by Gasteiger charge is 2.13. The van der Waals surface area contributed by atoms with Gasteiger partial charge in [-0.15, -0.1) is 11.3 Å². The molecule has 0 fully saturated rings. The van der Waals surface area contributed by atoms with Crippen molar-refractivity contribution >= 4 is 17.0 Å². The van der Waals surface area contributed by atoms with Crippen LogP contribution in [0, 0.1) is 10.1 Å². The second-order valence-electron chi connectivity index (χ2n) is 4.18. The number of aromatic nitrogens is 2. The molecule has 1 atom stereocenters. The smallest absolute Gasteiger partial charge is 0.332 e.